The van der Waals surface area contributed by atoms with E-state index in [0.29, 0.717) is 11.5 Å². The maximum atomic E-state index is 11.3. The quantitative estimate of drug-likeness (QED) is 0.883. The van der Waals surface area contributed by atoms with Crippen molar-refractivity contribution in [2.45, 2.75) is 18.9 Å². The lowest BCUT2D eigenvalue weighted by Crippen LogP contribution is -2.36. The van der Waals surface area contributed by atoms with Crippen LogP contribution in [0, 0.1) is 0 Å². The van der Waals surface area contributed by atoms with Gasteiger partial charge in [-0.3, -0.25) is 4.79 Å². The highest BCUT2D eigenvalue weighted by Crippen LogP contribution is 2.26. The fourth-order valence-corrected chi connectivity index (χ4v) is 2.80. The lowest BCUT2D eigenvalue weighted by atomic mass is 10.0. The highest BCUT2D eigenvalue weighted by atomic mass is 16.4. The number of carboxylic acids is 1. The molecule has 0 bridgehead atoms. The summed E-state index contributed by atoms with van der Waals surface area (Å²) in [5, 5.41) is 9.17. The molecule has 21 heavy (non-hydrogen) atoms. The van der Waals surface area contributed by atoms with E-state index in [9.17, 15) is 9.59 Å². The minimum Gasteiger partial charge on any atom is -0.477 e. The molecule has 0 radical (unpaired) electrons. The molecule has 1 aliphatic rings. The highest BCUT2D eigenvalue weighted by Gasteiger charge is 2.24. The van der Waals surface area contributed by atoms with Gasteiger partial charge in [0.25, 0.3) is 5.56 Å². The molecule has 0 unspecified atom stereocenters. The first-order chi connectivity index (χ1) is 10.1. The standard InChI is InChI=1S/C14H16N4O3/c19-13-8-12(15-9-16-13)17-6-3-10(4-7-17)18-5-1-2-11(18)14(20)21/h1-2,5,8-10H,3-4,6-7H2,(H,20,21)(H,15,16,19). The highest BCUT2D eigenvalue weighted by molar-refractivity contribution is 5.85. The van der Waals surface area contributed by atoms with Gasteiger partial charge in [0.15, 0.2) is 0 Å². The van der Waals surface area contributed by atoms with Crippen molar-refractivity contribution in [2.24, 2.45) is 0 Å². The maximum absolute atomic E-state index is 11.3. The first kappa shape index (κ1) is 13.4. The number of piperidine rings is 1. The predicted molar refractivity (Wildman–Crippen MR) is 76.7 cm³/mol. The minimum atomic E-state index is -0.904. The number of anilines is 1. The molecule has 0 aromatic carbocycles. The lowest BCUT2D eigenvalue weighted by molar-refractivity contribution is 0.0681. The van der Waals surface area contributed by atoms with Crippen LogP contribution in [0.3, 0.4) is 0 Å². The van der Waals surface area contributed by atoms with Crippen molar-refractivity contribution in [1.82, 2.24) is 14.5 Å². The molecular weight excluding hydrogens is 272 g/mol. The summed E-state index contributed by atoms with van der Waals surface area (Å²) in [5.41, 5.74) is 0.156. The van der Waals surface area contributed by atoms with Crippen molar-refractivity contribution in [3.63, 3.8) is 0 Å². The number of aromatic nitrogens is 3. The van der Waals surface area contributed by atoms with E-state index < -0.39 is 5.97 Å². The van der Waals surface area contributed by atoms with Crippen LogP contribution < -0.4 is 10.5 Å². The largest absolute Gasteiger partial charge is 0.477 e. The third kappa shape index (κ3) is 2.67. The smallest absolute Gasteiger partial charge is 0.352 e. The molecule has 0 saturated carbocycles. The van der Waals surface area contributed by atoms with Crippen molar-refractivity contribution in [2.75, 3.05) is 18.0 Å². The monoisotopic (exact) mass is 288 g/mol. The fourth-order valence-electron chi connectivity index (χ4n) is 2.80. The van der Waals surface area contributed by atoms with E-state index in [2.05, 4.69) is 14.9 Å². The van der Waals surface area contributed by atoms with Gasteiger partial charge in [0.1, 0.15) is 11.5 Å². The topological polar surface area (TPSA) is 91.2 Å². The van der Waals surface area contributed by atoms with Gasteiger partial charge in [-0.05, 0) is 25.0 Å². The van der Waals surface area contributed by atoms with E-state index in [4.69, 9.17) is 5.11 Å². The Bertz CT molecular complexity index is 698. The van der Waals surface area contributed by atoms with Crippen LogP contribution in [0.1, 0.15) is 29.4 Å². The average Bonchev–Trinajstić information content (AvgIpc) is 2.97. The van der Waals surface area contributed by atoms with Crippen molar-refractivity contribution in [3.8, 4) is 0 Å². The summed E-state index contributed by atoms with van der Waals surface area (Å²) in [4.78, 5) is 31.2. The van der Waals surface area contributed by atoms with Crippen molar-refractivity contribution in [3.05, 3.63) is 46.8 Å². The van der Waals surface area contributed by atoms with Crippen LogP contribution in [0.25, 0.3) is 0 Å². The number of H-pyrrole nitrogens is 1. The molecule has 1 fully saturated rings. The second kappa shape index (κ2) is 5.43. The molecule has 0 atom stereocenters. The van der Waals surface area contributed by atoms with E-state index in [0.717, 1.165) is 25.9 Å². The van der Waals surface area contributed by atoms with Gasteiger partial charge in [-0.1, -0.05) is 0 Å². The Balaban J connectivity index is 1.72. The van der Waals surface area contributed by atoms with E-state index in [-0.39, 0.29) is 11.6 Å². The summed E-state index contributed by atoms with van der Waals surface area (Å²) in [6, 6.07) is 5.03. The molecule has 3 heterocycles. The molecule has 2 aromatic heterocycles. The van der Waals surface area contributed by atoms with Gasteiger partial charge in [0, 0.05) is 31.4 Å². The van der Waals surface area contributed by atoms with Crippen LogP contribution in [0.15, 0.2) is 35.5 Å². The first-order valence-corrected chi connectivity index (χ1v) is 6.85. The number of hydrogen-bond acceptors (Lipinski definition) is 4. The van der Waals surface area contributed by atoms with Gasteiger partial charge < -0.3 is 19.6 Å². The zero-order valence-corrected chi connectivity index (χ0v) is 11.4. The van der Waals surface area contributed by atoms with Gasteiger partial charge in [0.2, 0.25) is 0 Å². The second-order valence-corrected chi connectivity index (χ2v) is 5.09. The van der Waals surface area contributed by atoms with E-state index in [1.54, 1.807) is 12.1 Å². The molecule has 3 rings (SSSR count). The zero-order valence-electron chi connectivity index (χ0n) is 11.4. The SMILES string of the molecule is O=C(O)c1cccn1C1CCN(c2cc(=O)[nH]cn2)CC1. The fraction of sp³-hybridized carbons (Fsp3) is 0.357. The Kier molecular flexibility index (Phi) is 3.47. The van der Waals surface area contributed by atoms with Crippen LogP contribution in [0.4, 0.5) is 5.82 Å². The zero-order chi connectivity index (χ0) is 14.8. The molecule has 2 aromatic rings. The predicted octanol–water partition coefficient (Wildman–Crippen LogP) is 1.11. The van der Waals surface area contributed by atoms with Crippen LogP contribution in [0.2, 0.25) is 0 Å². The molecule has 7 nitrogen and oxygen atoms in total. The van der Waals surface area contributed by atoms with E-state index in [1.807, 2.05) is 10.8 Å². The maximum Gasteiger partial charge on any atom is 0.352 e. The number of rotatable bonds is 3. The molecule has 0 spiro atoms. The Morgan fingerprint density at radius 3 is 2.81 bits per heavy atom. The molecule has 110 valence electrons. The van der Waals surface area contributed by atoms with Crippen LogP contribution in [-0.2, 0) is 0 Å². The number of carbonyl (C=O) groups is 1. The Hall–Kier alpha value is -2.57. The third-order valence-corrected chi connectivity index (χ3v) is 3.84. The van der Waals surface area contributed by atoms with Crippen LogP contribution in [0.5, 0.6) is 0 Å². The average molecular weight is 288 g/mol. The van der Waals surface area contributed by atoms with Gasteiger partial charge in [-0.25, -0.2) is 9.78 Å². The summed E-state index contributed by atoms with van der Waals surface area (Å²) >= 11 is 0. The number of aromatic amines is 1. The Labute approximate surface area is 120 Å². The van der Waals surface area contributed by atoms with Crippen LogP contribution in [-0.4, -0.2) is 38.7 Å². The summed E-state index contributed by atoms with van der Waals surface area (Å²) in [6.45, 7) is 1.50. The summed E-state index contributed by atoms with van der Waals surface area (Å²) in [7, 11) is 0. The lowest BCUT2D eigenvalue weighted by Gasteiger charge is -2.33. The normalized spacial score (nSPS) is 16.1. The van der Waals surface area contributed by atoms with Gasteiger partial charge in [-0.2, -0.15) is 0 Å². The Morgan fingerprint density at radius 2 is 2.14 bits per heavy atom. The molecular formula is C14H16N4O3. The first-order valence-electron chi connectivity index (χ1n) is 6.85. The molecule has 0 aliphatic carbocycles. The minimum absolute atomic E-state index is 0.166. The van der Waals surface area contributed by atoms with Crippen molar-refractivity contribution in [1.29, 1.82) is 0 Å². The molecule has 2 N–H and O–H groups in total. The molecule has 1 aliphatic heterocycles. The molecule has 0 amide bonds. The van der Waals surface area contributed by atoms with Crippen LogP contribution >= 0.6 is 0 Å². The van der Waals surface area contributed by atoms with E-state index >= 15 is 0 Å². The van der Waals surface area contributed by atoms with Gasteiger partial charge in [-0.15, -0.1) is 0 Å². The van der Waals surface area contributed by atoms with E-state index in [1.165, 1.54) is 12.4 Å². The number of hydrogen-bond donors (Lipinski definition) is 2. The molecule has 1 saturated heterocycles. The number of nitrogens with zero attached hydrogens (tertiary/aromatic N) is 3. The van der Waals surface area contributed by atoms with Crippen molar-refractivity contribution >= 4 is 11.8 Å². The van der Waals surface area contributed by atoms with Gasteiger partial charge >= 0.3 is 5.97 Å². The van der Waals surface area contributed by atoms with Crippen molar-refractivity contribution < 1.29 is 9.90 Å². The summed E-state index contributed by atoms with van der Waals surface area (Å²) < 4.78 is 1.82. The molecule has 7 heteroatoms. The number of nitrogens with one attached hydrogen (secondary N) is 1. The van der Waals surface area contributed by atoms with Gasteiger partial charge in [0.05, 0.1) is 6.33 Å². The number of carboxylic acid groups (broad SMARTS) is 1. The second-order valence-electron chi connectivity index (χ2n) is 5.09. The third-order valence-electron chi connectivity index (χ3n) is 3.84. The Morgan fingerprint density at radius 1 is 1.38 bits per heavy atom. The number of aromatic carboxylic acids is 1. The summed E-state index contributed by atoms with van der Waals surface area (Å²) in [6.07, 6.45) is 4.86. The summed E-state index contributed by atoms with van der Waals surface area (Å²) in [5.74, 6) is -0.234.